The smallest absolute Gasteiger partial charge is 0.0719 e. The second-order valence-corrected chi connectivity index (χ2v) is 3.41. The highest BCUT2D eigenvalue weighted by molar-refractivity contribution is 9.10. The van der Waals surface area contributed by atoms with E-state index in [0.29, 0.717) is 0 Å². The van der Waals surface area contributed by atoms with Crippen molar-refractivity contribution in [3.63, 3.8) is 0 Å². The van der Waals surface area contributed by atoms with E-state index in [9.17, 15) is 0 Å². The summed E-state index contributed by atoms with van der Waals surface area (Å²) in [6.45, 7) is 0. The number of nitrogens with zero attached hydrogens (tertiary/aromatic N) is 3. The number of rotatable bonds is 1. The molecule has 0 aromatic carbocycles. The first kappa shape index (κ1) is 8.31. The van der Waals surface area contributed by atoms with Gasteiger partial charge in [0.1, 0.15) is 0 Å². The van der Waals surface area contributed by atoms with Crippen LogP contribution in [-0.4, -0.2) is 15.2 Å². The lowest BCUT2D eigenvalue weighted by Gasteiger charge is -1.97. The predicted octanol–water partition coefficient (Wildman–Crippen LogP) is 2.30. The largest absolute Gasteiger partial charge is 0.255 e. The van der Waals surface area contributed by atoms with Crippen molar-refractivity contribution < 1.29 is 0 Å². The van der Waals surface area contributed by atoms with E-state index in [0.717, 1.165) is 15.7 Å². The van der Waals surface area contributed by atoms with Crippen molar-refractivity contribution in [2.45, 2.75) is 0 Å². The summed E-state index contributed by atoms with van der Waals surface area (Å²) in [7, 11) is 0. The molecule has 0 aliphatic rings. The molecule has 4 heteroatoms. The molecule has 0 spiro atoms. The Hall–Kier alpha value is -1.29. The van der Waals surface area contributed by atoms with Gasteiger partial charge in [0.25, 0.3) is 0 Å². The van der Waals surface area contributed by atoms with Crippen LogP contribution in [0.1, 0.15) is 0 Å². The molecule has 0 saturated carbocycles. The number of hydrogen-bond donors (Lipinski definition) is 0. The lowest BCUT2D eigenvalue weighted by atomic mass is 10.2. The second-order valence-electron chi connectivity index (χ2n) is 2.49. The van der Waals surface area contributed by atoms with Crippen LogP contribution in [0, 0.1) is 0 Å². The third-order valence-corrected chi connectivity index (χ3v) is 2.08. The average molecular weight is 236 g/mol. The standard InChI is InChI=1S/C9H6BrN3/c10-8-1-2-9(11-6-8)7-3-4-12-13-5-7/h1-6H. The Bertz CT molecular complexity index is 385. The molecule has 2 rings (SSSR count). The SMILES string of the molecule is Brc1ccc(-c2ccnnc2)nc1. The van der Waals surface area contributed by atoms with E-state index in [1.165, 1.54) is 0 Å². The van der Waals surface area contributed by atoms with Crippen LogP contribution in [0.25, 0.3) is 11.3 Å². The Morgan fingerprint density at radius 3 is 2.54 bits per heavy atom. The van der Waals surface area contributed by atoms with Crippen LogP contribution < -0.4 is 0 Å². The van der Waals surface area contributed by atoms with Gasteiger partial charge >= 0.3 is 0 Å². The van der Waals surface area contributed by atoms with Crippen LogP contribution in [-0.2, 0) is 0 Å². The van der Waals surface area contributed by atoms with Gasteiger partial charge in [0, 0.05) is 16.2 Å². The van der Waals surface area contributed by atoms with E-state index in [-0.39, 0.29) is 0 Å². The summed E-state index contributed by atoms with van der Waals surface area (Å²) in [5.41, 5.74) is 1.88. The maximum atomic E-state index is 4.23. The van der Waals surface area contributed by atoms with Crippen molar-refractivity contribution >= 4 is 15.9 Å². The molecule has 64 valence electrons. The summed E-state index contributed by atoms with van der Waals surface area (Å²) in [6, 6.07) is 5.76. The van der Waals surface area contributed by atoms with Crippen LogP contribution in [0.4, 0.5) is 0 Å². The summed E-state index contributed by atoms with van der Waals surface area (Å²) < 4.78 is 0.971. The van der Waals surface area contributed by atoms with Crippen molar-refractivity contribution in [3.05, 3.63) is 41.3 Å². The van der Waals surface area contributed by atoms with Crippen molar-refractivity contribution in [1.82, 2.24) is 15.2 Å². The van der Waals surface area contributed by atoms with Crippen molar-refractivity contribution in [2.24, 2.45) is 0 Å². The van der Waals surface area contributed by atoms with E-state index in [1.807, 2.05) is 18.2 Å². The predicted molar refractivity (Wildman–Crippen MR) is 53.0 cm³/mol. The molecule has 0 atom stereocenters. The molecule has 0 bridgehead atoms. The molecule has 3 nitrogen and oxygen atoms in total. The van der Waals surface area contributed by atoms with Gasteiger partial charge in [-0.3, -0.25) is 4.98 Å². The molecule has 0 saturated heterocycles. The lowest BCUT2D eigenvalue weighted by Crippen LogP contribution is -1.84. The maximum absolute atomic E-state index is 4.23. The number of halogens is 1. The van der Waals surface area contributed by atoms with Gasteiger partial charge in [-0.25, -0.2) is 0 Å². The minimum absolute atomic E-state index is 0.901. The van der Waals surface area contributed by atoms with Crippen molar-refractivity contribution in [3.8, 4) is 11.3 Å². The lowest BCUT2D eigenvalue weighted by molar-refractivity contribution is 1.03. The van der Waals surface area contributed by atoms with Crippen molar-refractivity contribution in [2.75, 3.05) is 0 Å². The van der Waals surface area contributed by atoms with Crippen LogP contribution >= 0.6 is 15.9 Å². The van der Waals surface area contributed by atoms with Gasteiger partial charge in [-0.2, -0.15) is 10.2 Å². The van der Waals surface area contributed by atoms with Crippen molar-refractivity contribution in [1.29, 1.82) is 0 Å². The Morgan fingerprint density at radius 1 is 1.00 bits per heavy atom. The highest BCUT2D eigenvalue weighted by Crippen LogP contribution is 2.16. The zero-order valence-corrected chi connectivity index (χ0v) is 8.27. The van der Waals surface area contributed by atoms with E-state index in [1.54, 1.807) is 18.6 Å². The van der Waals surface area contributed by atoms with Gasteiger partial charge in [0.05, 0.1) is 18.1 Å². The summed E-state index contributed by atoms with van der Waals surface area (Å²) in [4.78, 5) is 4.23. The number of hydrogen-bond acceptors (Lipinski definition) is 3. The first-order valence-corrected chi connectivity index (χ1v) is 4.54. The monoisotopic (exact) mass is 235 g/mol. The Labute approximate surface area is 84.0 Å². The van der Waals surface area contributed by atoms with Gasteiger partial charge in [-0.15, -0.1) is 0 Å². The molecule has 13 heavy (non-hydrogen) atoms. The normalized spacial score (nSPS) is 9.92. The quantitative estimate of drug-likeness (QED) is 0.762. The summed E-state index contributed by atoms with van der Waals surface area (Å²) in [5.74, 6) is 0. The van der Waals surface area contributed by atoms with E-state index in [4.69, 9.17) is 0 Å². The highest BCUT2D eigenvalue weighted by Gasteiger charge is 1.97. The molecule has 0 fully saturated rings. The Morgan fingerprint density at radius 2 is 1.92 bits per heavy atom. The summed E-state index contributed by atoms with van der Waals surface area (Å²) in [6.07, 6.45) is 5.10. The minimum atomic E-state index is 0.901. The average Bonchev–Trinajstić information content (AvgIpc) is 2.20. The van der Waals surface area contributed by atoms with E-state index in [2.05, 4.69) is 31.1 Å². The minimum Gasteiger partial charge on any atom is -0.255 e. The molecular formula is C9H6BrN3. The molecule has 0 amide bonds. The van der Waals surface area contributed by atoms with Gasteiger partial charge in [0.2, 0.25) is 0 Å². The first-order chi connectivity index (χ1) is 6.36. The Balaban J connectivity index is 2.42. The third kappa shape index (κ3) is 1.89. The molecule has 0 N–H and O–H groups in total. The van der Waals surface area contributed by atoms with Crippen LogP contribution in [0.5, 0.6) is 0 Å². The van der Waals surface area contributed by atoms with Crippen LogP contribution in [0.15, 0.2) is 41.3 Å². The topological polar surface area (TPSA) is 38.7 Å². The van der Waals surface area contributed by atoms with Gasteiger partial charge in [-0.1, -0.05) is 0 Å². The molecule has 2 heterocycles. The second kappa shape index (κ2) is 3.62. The van der Waals surface area contributed by atoms with Gasteiger partial charge < -0.3 is 0 Å². The van der Waals surface area contributed by atoms with E-state index >= 15 is 0 Å². The molecule has 0 aliphatic carbocycles. The van der Waals surface area contributed by atoms with E-state index < -0.39 is 0 Å². The summed E-state index contributed by atoms with van der Waals surface area (Å²) >= 11 is 3.33. The molecule has 0 unspecified atom stereocenters. The van der Waals surface area contributed by atoms with Gasteiger partial charge in [0.15, 0.2) is 0 Å². The molecule has 0 radical (unpaired) electrons. The van der Waals surface area contributed by atoms with Crippen LogP contribution in [0.2, 0.25) is 0 Å². The summed E-state index contributed by atoms with van der Waals surface area (Å²) in [5, 5.41) is 7.48. The number of pyridine rings is 1. The zero-order valence-electron chi connectivity index (χ0n) is 6.68. The maximum Gasteiger partial charge on any atom is 0.0719 e. The number of aromatic nitrogens is 3. The zero-order chi connectivity index (χ0) is 9.10. The van der Waals surface area contributed by atoms with Crippen LogP contribution in [0.3, 0.4) is 0 Å². The third-order valence-electron chi connectivity index (χ3n) is 1.61. The fraction of sp³-hybridized carbons (Fsp3) is 0. The first-order valence-electron chi connectivity index (χ1n) is 3.75. The fourth-order valence-electron chi connectivity index (χ4n) is 0.989. The Kier molecular flexibility index (Phi) is 2.31. The fourth-order valence-corrected chi connectivity index (χ4v) is 1.22. The highest BCUT2D eigenvalue weighted by atomic mass is 79.9. The molecule has 2 aromatic rings. The molecular weight excluding hydrogens is 230 g/mol. The molecule has 2 aromatic heterocycles. The van der Waals surface area contributed by atoms with Gasteiger partial charge in [-0.05, 0) is 34.1 Å². The molecule has 0 aliphatic heterocycles.